The van der Waals surface area contributed by atoms with Gasteiger partial charge in [-0.15, -0.1) is 0 Å². The Labute approximate surface area is 161 Å². The number of rotatable bonds is 6. The number of carbonyl (C=O) groups is 3. The van der Waals surface area contributed by atoms with Crippen molar-refractivity contribution < 1.29 is 23.2 Å². The molecule has 0 unspecified atom stereocenters. The van der Waals surface area contributed by atoms with E-state index in [0.29, 0.717) is 22.6 Å². The first-order valence-electron chi connectivity index (χ1n) is 8.82. The summed E-state index contributed by atoms with van der Waals surface area (Å²) < 4.78 is 10.7. The van der Waals surface area contributed by atoms with Crippen molar-refractivity contribution >= 4 is 17.7 Å². The Kier molecular flexibility index (Phi) is 4.57. The zero-order chi connectivity index (χ0) is 19.7. The highest BCUT2D eigenvalue weighted by molar-refractivity contribution is 6.22. The Bertz CT molecular complexity index is 985. The van der Waals surface area contributed by atoms with E-state index in [-0.39, 0.29) is 25.5 Å². The second kappa shape index (κ2) is 7.19. The van der Waals surface area contributed by atoms with Gasteiger partial charge in [0, 0.05) is 0 Å². The van der Waals surface area contributed by atoms with Gasteiger partial charge in [0.25, 0.3) is 11.8 Å². The standard InChI is InChI=1S/C21H18N2O5/c1-14-6-7-17-18(10-14)21(26)23(20(17)25)13-19(24)22(11-15-4-2-8-27-15)12-16-5-3-9-28-16/h2-10H,11-13H2,1H3. The summed E-state index contributed by atoms with van der Waals surface area (Å²) in [4.78, 5) is 40.7. The third kappa shape index (κ3) is 3.34. The highest BCUT2D eigenvalue weighted by Crippen LogP contribution is 2.24. The first kappa shape index (κ1) is 17.8. The van der Waals surface area contributed by atoms with Crippen LogP contribution < -0.4 is 0 Å². The molecular weight excluding hydrogens is 360 g/mol. The second-order valence-electron chi connectivity index (χ2n) is 6.65. The summed E-state index contributed by atoms with van der Waals surface area (Å²) >= 11 is 0. The highest BCUT2D eigenvalue weighted by atomic mass is 16.3. The van der Waals surface area contributed by atoms with E-state index in [1.165, 1.54) is 17.4 Å². The second-order valence-corrected chi connectivity index (χ2v) is 6.65. The number of imide groups is 1. The van der Waals surface area contributed by atoms with E-state index in [0.717, 1.165) is 10.5 Å². The molecule has 7 heteroatoms. The van der Waals surface area contributed by atoms with Gasteiger partial charge in [-0.25, -0.2) is 0 Å². The van der Waals surface area contributed by atoms with Crippen LogP contribution in [-0.4, -0.2) is 34.1 Å². The Hall–Kier alpha value is -3.61. The average Bonchev–Trinajstić information content (AvgIpc) is 3.41. The SMILES string of the molecule is Cc1ccc2c(c1)C(=O)N(CC(=O)N(Cc1ccco1)Cc1ccco1)C2=O. The number of hydrogen-bond acceptors (Lipinski definition) is 5. The van der Waals surface area contributed by atoms with Crippen LogP contribution in [0, 0.1) is 6.92 Å². The fraction of sp³-hybridized carbons (Fsp3) is 0.190. The van der Waals surface area contributed by atoms with E-state index in [1.807, 2.05) is 6.92 Å². The number of carbonyl (C=O) groups excluding carboxylic acids is 3. The van der Waals surface area contributed by atoms with Gasteiger partial charge >= 0.3 is 0 Å². The Morgan fingerprint density at radius 2 is 1.54 bits per heavy atom. The van der Waals surface area contributed by atoms with Crippen LogP contribution in [0.1, 0.15) is 37.8 Å². The summed E-state index contributed by atoms with van der Waals surface area (Å²) in [6.07, 6.45) is 3.05. The van der Waals surface area contributed by atoms with Gasteiger partial charge in [0.05, 0.1) is 36.7 Å². The first-order chi connectivity index (χ1) is 13.5. The number of amides is 3. The smallest absolute Gasteiger partial charge is 0.262 e. The molecule has 0 atom stereocenters. The molecule has 28 heavy (non-hydrogen) atoms. The van der Waals surface area contributed by atoms with Crippen LogP contribution in [-0.2, 0) is 17.9 Å². The highest BCUT2D eigenvalue weighted by Gasteiger charge is 2.37. The van der Waals surface area contributed by atoms with Crippen molar-refractivity contribution in [2.75, 3.05) is 6.54 Å². The first-order valence-corrected chi connectivity index (χ1v) is 8.82. The van der Waals surface area contributed by atoms with Crippen molar-refractivity contribution in [1.29, 1.82) is 0 Å². The minimum Gasteiger partial charge on any atom is -0.467 e. The molecule has 3 heterocycles. The molecule has 142 valence electrons. The lowest BCUT2D eigenvalue weighted by atomic mass is 10.1. The summed E-state index contributed by atoms with van der Waals surface area (Å²) in [5, 5.41) is 0. The van der Waals surface area contributed by atoms with Gasteiger partial charge in [0.15, 0.2) is 0 Å². The predicted octanol–water partition coefficient (Wildman–Crippen LogP) is 3.01. The maximum atomic E-state index is 13.0. The van der Waals surface area contributed by atoms with Gasteiger partial charge < -0.3 is 13.7 Å². The van der Waals surface area contributed by atoms with E-state index in [2.05, 4.69) is 0 Å². The molecule has 3 amide bonds. The maximum absolute atomic E-state index is 13.0. The van der Waals surface area contributed by atoms with Crippen LogP contribution >= 0.6 is 0 Å². The lowest BCUT2D eigenvalue weighted by molar-refractivity contribution is -0.133. The molecule has 1 aromatic carbocycles. The molecule has 0 radical (unpaired) electrons. The van der Waals surface area contributed by atoms with Crippen LogP contribution in [0.3, 0.4) is 0 Å². The zero-order valence-corrected chi connectivity index (χ0v) is 15.3. The molecule has 2 aromatic heterocycles. The van der Waals surface area contributed by atoms with Crippen LogP contribution in [0.4, 0.5) is 0 Å². The van der Waals surface area contributed by atoms with Crippen molar-refractivity contribution in [2.24, 2.45) is 0 Å². The topological polar surface area (TPSA) is 84.0 Å². The van der Waals surface area contributed by atoms with E-state index in [1.54, 1.807) is 42.5 Å². The van der Waals surface area contributed by atoms with E-state index < -0.39 is 11.8 Å². The predicted molar refractivity (Wildman–Crippen MR) is 98.2 cm³/mol. The van der Waals surface area contributed by atoms with Crippen LogP contribution in [0.15, 0.2) is 63.8 Å². The molecule has 1 aliphatic heterocycles. The molecule has 3 aromatic rings. The molecule has 1 aliphatic rings. The molecule has 4 rings (SSSR count). The molecule has 0 saturated carbocycles. The third-order valence-corrected chi connectivity index (χ3v) is 4.63. The summed E-state index contributed by atoms with van der Waals surface area (Å²) in [5.74, 6) is -0.0906. The summed E-state index contributed by atoms with van der Waals surface area (Å²) in [7, 11) is 0. The summed E-state index contributed by atoms with van der Waals surface area (Å²) in [5.41, 5.74) is 1.54. The molecule has 0 saturated heterocycles. The normalized spacial score (nSPS) is 13.1. The van der Waals surface area contributed by atoms with E-state index in [4.69, 9.17) is 8.83 Å². The van der Waals surface area contributed by atoms with Crippen molar-refractivity contribution in [3.8, 4) is 0 Å². The molecule has 0 spiro atoms. The number of furan rings is 2. The minimum atomic E-state index is -0.454. The van der Waals surface area contributed by atoms with Crippen LogP contribution in [0.5, 0.6) is 0 Å². The number of nitrogens with zero attached hydrogens (tertiary/aromatic N) is 2. The Morgan fingerprint density at radius 3 is 2.11 bits per heavy atom. The fourth-order valence-electron chi connectivity index (χ4n) is 3.20. The molecule has 0 fully saturated rings. The summed E-state index contributed by atoms with van der Waals surface area (Å²) in [6, 6.07) is 12.0. The molecular formula is C21H18N2O5. The van der Waals surface area contributed by atoms with Crippen molar-refractivity contribution in [3.05, 3.63) is 83.2 Å². The van der Waals surface area contributed by atoms with Gasteiger partial charge in [-0.2, -0.15) is 0 Å². The Morgan fingerprint density at radius 1 is 0.929 bits per heavy atom. The third-order valence-electron chi connectivity index (χ3n) is 4.63. The van der Waals surface area contributed by atoms with Crippen molar-refractivity contribution in [1.82, 2.24) is 9.80 Å². The quantitative estimate of drug-likeness (QED) is 0.616. The lowest BCUT2D eigenvalue weighted by Crippen LogP contribution is -2.42. The van der Waals surface area contributed by atoms with Gasteiger partial charge in [-0.1, -0.05) is 11.6 Å². The average molecular weight is 378 g/mol. The van der Waals surface area contributed by atoms with E-state index in [9.17, 15) is 14.4 Å². The number of hydrogen-bond donors (Lipinski definition) is 0. The minimum absolute atomic E-state index is 0.203. The monoisotopic (exact) mass is 378 g/mol. The summed E-state index contributed by atoms with van der Waals surface area (Å²) in [6.45, 7) is 1.91. The number of aryl methyl sites for hydroxylation is 1. The largest absolute Gasteiger partial charge is 0.467 e. The fourth-order valence-corrected chi connectivity index (χ4v) is 3.20. The Balaban J connectivity index is 1.54. The van der Waals surface area contributed by atoms with Crippen LogP contribution in [0.2, 0.25) is 0 Å². The van der Waals surface area contributed by atoms with Gasteiger partial charge in [0.2, 0.25) is 5.91 Å². The zero-order valence-electron chi connectivity index (χ0n) is 15.3. The van der Waals surface area contributed by atoms with Crippen LogP contribution in [0.25, 0.3) is 0 Å². The lowest BCUT2D eigenvalue weighted by Gasteiger charge is -2.23. The van der Waals surface area contributed by atoms with Gasteiger partial charge in [-0.05, 0) is 43.3 Å². The maximum Gasteiger partial charge on any atom is 0.262 e. The number of fused-ring (bicyclic) bond motifs is 1. The van der Waals surface area contributed by atoms with Gasteiger partial charge in [0.1, 0.15) is 18.1 Å². The van der Waals surface area contributed by atoms with Gasteiger partial charge in [-0.3, -0.25) is 19.3 Å². The van der Waals surface area contributed by atoms with E-state index >= 15 is 0 Å². The van der Waals surface area contributed by atoms with Crippen molar-refractivity contribution in [3.63, 3.8) is 0 Å². The molecule has 7 nitrogen and oxygen atoms in total. The molecule has 0 aliphatic carbocycles. The molecule has 0 N–H and O–H groups in total. The molecule has 0 bridgehead atoms. The number of benzene rings is 1. The van der Waals surface area contributed by atoms with Crippen molar-refractivity contribution in [2.45, 2.75) is 20.0 Å².